The van der Waals surface area contributed by atoms with Gasteiger partial charge in [-0.05, 0) is 50.3 Å². The molecule has 1 aromatic rings. The Morgan fingerprint density at radius 2 is 1.75 bits per heavy atom. The zero-order valence-electron chi connectivity index (χ0n) is 13.3. The summed E-state index contributed by atoms with van der Waals surface area (Å²) in [5.74, 6) is 0. The van der Waals surface area contributed by atoms with Crippen LogP contribution in [0, 0.1) is 20.8 Å². The van der Waals surface area contributed by atoms with Gasteiger partial charge in [-0.1, -0.05) is 30.5 Å². The van der Waals surface area contributed by atoms with Crippen LogP contribution < -0.4 is 5.32 Å². The number of hydrogen-bond donors (Lipinski definition) is 1. The molecular weight excluding hydrogens is 244 g/mol. The first-order chi connectivity index (χ1) is 9.58. The third-order valence-corrected chi connectivity index (χ3v) is 5.24. The molecule has 2 nitrogen and oxygen atoms in total. The van der Waals surface area contributed by atoms with Crippen molar-refractivity contribution >= 4 is 0 Å². The van der Waals surface area contributed by atoms with E-state index in [1.807, 2.05) is 0 Å². The normalized spacial score (nSPS) is 22.6. The summed E-state index contributed by atoms with van der Waals surface area (Å²) in [6.07, 6.45) is 5.55. The molecule has 1 N–H and O–H groups in total. The highest BCUT2D eigenvalue weighted by atomic mass is 15.2. The van der Waals surface area contributed by atoms with E-state index in [1.165, 1.54) is 55.5 Å². The monoisotopic (exact) mass is 272 g/mol. The van der Waals surface area contributed by atoms with Crippen LogP contribution in [0.25, 0.3) is 0 Å². The molecule has 0 radical (unpaired) electrons. The van der Waals surface area contributed by atoms with Gasteiger partial charge in [0.15, 0.2) is 0 Å². The summed E-state index contributed by atoms with van der Waals surface area (Å²) in [6.45, 7) is 11.4. The van der Waals surface area contributed by atoms with E-state index in [9.17, 15) is 0 Å². The van der Waals surface area contributed by atoms with Crippen molar-refractivity contribution in [1.82, 2.24) is 10.2 Å². The Morgan fingerprint density at radius 1 is 1.10 bits per heavy atom. The van der Waals surface area contributed by atoms with E-state index >= 15 is 0 Å². The smallest absolute Gasteiger partial charge is 0.0309 e. The summed E-state index contributed by atoms with van der Waals surface area (Å²) in [5.41, 5.74) is 6.29. The molecule has 1 aliphatic heterocycles. The standard InChI is InChI=1S/C18H28N2/c1-14-10-15(2)17(16(3)11-14)12-20-9-8-19-18(13-20)6-4-5-7-18/h10-11,19H,4-9,12-13H2,1-3H3. The minimum Gasteiger partial charge on any atom is -0.309 e. The first-order valence-electron chi connectivity index (χ1n) is 8.12. The van der Waals surface area contributed by atoms with E-state index in [-0.39, 0.29) is 0 Å². The largest absolute Gasteiger partial charge is 0.309 e. The van der Waals surface area contributed by atoms with E-state index in [0.717, 1.165) is 13.1 Å². The van der Waals surface area contributed by atoms with Crippen molar-refractivity contribution < 1.29 is 0 Å². The Morgan fingerprint density at radius 3 is 2.40 bits per heavy atom. The SMILES string of the molecule is Cc1cc(C)c(CN2CCNC3(CCCC3)C2)c(C)c1. The minimum absolute atomic E-state index is 0.435. The molecule has 110 valence electrons. The fourth-order valence-corrected chi connectivity index (χ4v) is 4.25. The summed E-state index contributed by atoms with van der Waals surface area (Å²) in [7, 11) is 0. The Balaban J connectivity index is 1.74. The molecule has 0 atom stereocenters. The Bertz CT molecular complexity index is 463. The van der Waals surface area contributed by atoms with Crippen LogP contribution in [-0.2, 0) is 6.54 Å². The van der Waals surface area contributed by atoms with E-state index in [4.69, 9.17) is 0 Å². The van der Waals surface area contributed by atoms with Crippen molar-refractivity contribution in [2.45, 2.75) is 58.5 Å². The highest BCUT2D eigenvalue weighted by molar-refractivity contribution is 5.37. The molecule has 1 spiro atoms. The molecule has 2 heteroatoms. The summed E-state index contributed by atoms with van der Waals surface area (Å²) in [5, 5.41) is 3.81. The summed E-state index contributed by atoms with van der Waals surface area (Å²) < 4.78 is 0. The molecule has 2 aliphatic rings. The van der Waals surface area contributed by atoms with Gasteiger partial charge in [0.2, 0.25) is 0 Å². The van der Waals surface area contributed by atoms with Gasteiger partial charge in [0, 0.05) is 31.7 Å². The lowest BCUT2D eigenvalue weighted by Crippen LogP contribution is -2.58. The third kappa shape index (κ3) is 2.77. The lowest BCUT2D eigenvalue weighted by Gasteiger charge is -2.42. The molecular formula is C18H28N2. The molecule has 1 aliphatic carbocycles. The lowest BCUT2D eigenvalue weighted by atomic mass is 9.93. The zero-order chi connectivity index (χ0) is 14.2. The predicted molar refractivity (Wildman–Crippen MR) is 85.1 cm³/mol. The second-order valence-electron chi connectivity index (χ2n) is 7.00. The van der Waals surface area contributed by atoms with Crippen LogP contribution >= 0.6 is 0 Å². The molecule has 3 rings (SSSR count). The molecule has 0 aromatic heterocycles. The maximum atomic E-state index is 3.81. The van der Waals surface area contributed by atoms with Crippen molar-refractivity contribution in [3.8, 4) is 0 Å². The van der Waals surface area contributed by atoms with E-state index in [0.29, 0.717) is 5.54 Å². The summed E-state index contributed by atoms with van der Waals surface area (Å²) in [4.78, 5) is 2.67. The Labute approximate surface area is 123 Å². The molecule has 20 heavy (non-hydrogen) atoms. The summed E-state index contributed by atoms with van der Waals surface area (Å²) >= 11 is 0. The molecule has 1 heterocycles. The molecule has 0 bridgehead atoms. The number of aryl methyl sites for hydroxylation is 3. The van der Waals surface area contributed by atoms with Gasteiger partial charge < -0.3 is 5.32 Å². The summed E-state index contributed by atoms with van der Waals surface area (Å²) in [6, 6.07) is 4.66. The Kier molecular flexibility index (Phi) is 3.87. The highest BCUT2D eigenvalue weighted by Crippen LogP contribution is 2.32. The molecule has 1 aromatic carbocycles. The van der Waals surface area contributed by atoms with Crippen LogP contribution in [0.3, 0.4) is 0 Å². The van der Waals surface area contributed by atoms with Gasteiger partial charge in [0.25, 0.3) is 0 Å². The van der Waals surface area contributed by atoms with E-state index in [1.54, 1.807) is 5.56 Å². The van der Waals surface area contributed by atoms with Crippen LogP contribution in [0.2, 0.25) is 0 Å². The van der Waals surface area contributed by atoms with Crippen molar-refractivity contribution in [2.75, 3.05) is 19.6 Å². The van der Waals surface area contributed by atoms with E-state index < -0.39 is 0 Å². The second kappa shape index (κ2) is 5.50. The first kappa shape index (κ1) is 14.1. The highest BCUT2D eigenvalue weighted by Gasteiger charge is 2.37. The topological polar surface area (TPSA) is 15.3 Å². The number of piperazine rings is 1. The van der Waals surface area contributed by atoms with Crippen molar-refractivity contribution in [1.29, 1.82) is 0 Å². The van der Waals surface area contributed by atoms with Gasteiger partial charge in [0.05, 0.1) is 0 Å². The number of nitrogens with one attached hydrogen (secondary N) is 1. The van der Waals surface area contributed by atoms with Gasteiger partial charge in [-0.3, -0.25) is 4.90 Å². The third-order valence-electron chi connectivity index (χ3n) is 5.24. The van der Waals surface area contributed by atoms with Gasteiger partial charge in [-0.15, -0.1) is 0 Å². The van der Waals surface area contributed by atoms with Gasteiger partial charge in [0.1, 0.15) is 0 Å². The van der Waals surface area contributed by atoms with Crippen LogP contribution in [0.5, 0.6) is 0 Å². The fraction of sp³-hybridized carbons (Fsp3) is 0.667. The molecule has 2 fully saturated rings. The van der Waals surface area contributed by atoms with Gasteiger partial charge in [-0.2, -0.15) is 0 Å². The minimum atomic E-state index is 0.435. The Hall–Kier alpha value is -0.860. The maximum Gasteiger partial charge on any atom is 0.0309 e. The van der Waals surface area contributed by atoms with Gasteiger partial charge >= 0.3 is 0 Å². The van der Waals surface area contributed by atoms with Crippen LogP contribution in [0.4, 0.5) is 0 Å². The molecule has 0 amide bonds. The van der Waals surface area contributed by atoms with Crippen molar-refractivity contribution in [3.63, 3.8) is 0 Å². The number of nitrogens with zero attached hydrogens (tertiary/aromatic N) is 1. The quantitative estimate of drug-likeness (QED) is 0.888. The van der Waals surface area contributed by atoms with Gasteiger partial charge in [-0.25, -0.2) is 0 Å². The number of benzene rings is 1. The average molecular weight is 272 g/mol. The predicted octanol–water partition coefficient (Wildman–Crippen LogP) is 3.33. The fourth-order valence-electron chi connectivity index (χ4n) is 4.25. The number of hydrogen-bond acceptors (Lipinski definition) is 2. The maximum absolute atomic E-state index is 3.81. The molecule has 0 unspecified atom stereocenters. The molecule has 1 saturated heterocycles. The first-order valence-corrected chi connectivity index (χ1v) is 8.12. The average Bonchev–Trinajstić information content (AvgIpc) is 2.82. The molecule has 1 saturated carbocycles. The van der Waals surface area contributed by atoms with Crippen LogP contribution in [-0.4, -0.2) is 30.1 Å². The zero-order valence-corrected chi connectivity index (χ0v) is 13.3. The van der Waals surface area contributed by atoms with Crippen molar-refractivity contribution in [3.05, 3.63) is 34.4 Å². The van der Waals surface area contributed by atoms with Crippen LogP contribution in [0.1, 0.15) is 47.9 Å². The van der Waals surface area contributed by atoms with E-state index in [2.05, 4.69) is 43.1 Å². The second-order valence-corrected chi connectivity index (χ2v) is 7.00. The lowest BCUT2D eigenvalue weighted by molar-refractivity contribution is 0.128. The number of rotatable bonds is 2. The van der Waals surface area contributed by atoms with Crippen molar-refractivity contribution in [2.24, 2.45) is 0 Å². The van der Waals surface area contributed by atoms with Crippen LogP contribution in [0.15, 0.2) is 12.1 Å².